The van der Waals surface area contributed by atoms with Gasteiger partial charge in [0.05, 0.1) is 23.5 Å². The minimum Gasteiger partial charge on any atom is -0.324 e. The average molecular weight is 337 g/mol. The average Bonchev–Trinajstić information content (AvgIpc) is 3.00. The topological polar surface area (TPSA) is 54.9 Å². The van der Waals surface area contributed by atoms with Crippen LogP contribution in [0.5, 0.6) is 0 Å². The summed E-state index contributed by atoms with van der Waals surface area (Å²) in [7, 11) is 0. The van der Waals surface area contributed by atoms with Crippen LogP contribution in [0, 0.1) is 20.8 Å². The van der Waals surface area contributed by atoms with Crippen molar-refractivity contribution >= 4 is 22.9 Å². The standard InChI is InChI=1S/C19H19N3OS/c1-12-9-13(2)20-14(3)18(12)22-17(23)10-16-11-24-19(21-16)15-7-5-4-6-8-15/h4-9,11H,10H2,1-3H3,(H,22,23). The second kappa shape index (κ2) is 6.93. The van der Waals surface area contributed by atoms with Gasteiger partial charge in [0.2, 0.25) is 5.91 Å². The summed E-state index contributed by atoms with van der Waals surface area (Å²) in [6, 6.07) is 12.0. The van der Waals surface area contributed by atoms with Crippen LogP contribution < -0.4 is 5.32 Å². The largest absolute Gasteiger partial charge is 0.324 e. The van der Waals surface area contributed by atoms with Crippen molar-refractivity contribution in [3.8, 4) is 10.6 Å². The number of hydrogen-bond donors (Lipinski definition) is 1. The molecule has 0 radical (unpaired) electrons. The summed E-state index contributed by atoms with van der Waals surface area (Å²) in [6.45, 7) is 5.84. The van der Waals surface area contributed by atoms with Gasteiger partial charge in [0.15, 0.2) is 0 Å². The summed E-state index contributed by atoms with van der Waals surface area (Å²) in [5.74, 6) is -0.0724. The fourth-order valence-corrected chi connectivity index (χ4v) is 3.49. The van der Waals surface area contributed by atoms with Crippen molar-refractivity contribution in [1.29, 1.82) is 0 Å². The molecule has 0 aliphatic heterocycles. The van der Waals surface area contributed by atoms with Gasteiger partial charge in [0, 0.05) is 16.6 Å². The Bertz CT molecular complexity index is 848. The Balaban J connectivity index is 1.71. The predicted octanol–water partition coefficient (Wildman–Crippen LogP) is 4.31. The lowest BCUT2D eigenvalue weighted by Crippen LogP contribution is -2.17. The molecule has 0 bridgehead atoms. The number of hydrogen-bond acceptors (Lipinski definition) is 4. The van der Waals surface area contributed by atoms with E-state index in [1.54, 1.807) is 11.3 Å². The number of thiazole rings is 1. The van der Waals surface area contributed by atoms with Crippen LogP contribution in [0.15, 0.2) is 41.8 Å². The maximum atomic E-state index is 12.3. The maximum absolute atomic E-state index is 12.3. The van der Waals surface area contributed by atoms with Crippen molar-refractivity contribution in [2.45, 2.75) is 27.2 Å². The van der Waals surface area contributed by atoms with Crippen LogP contribution in [0.25, 0.3) is 10.6 Å². The quantitative estimate of drug-likeness (QED) is 0.772. The Morgan fingerprint density at radius 1 is 1.12 bits per heavy atom. The first-order valence-electron chi connectivity index (χ1n) is 7.77. The highest BCUT2D eigenvalue weighted by Gasteiger charge is 2.12. The van der Waals surface area contributed by atoms with E-state index < -0.39 is 0 Å². The number of rotatable bonds is 4. The van der Waals surface area contributed by atoms with Crippen molar-refractivity contribution in [2.75, 3.05) is 5.32 Å². The molecule has 0 aliphatic rings. The molecule has 1 amide bonds. The number of amides is 1. The number of carbonyl (C=O) groups excluding carboxylic acids is 1. The molecule has 122 valence electrons. The van der Waals surface area contributed by atoms with Gasteiger partial charge in [-0.25, -0.2) is 4.98 Å². The molecule has 3 aromatic rings. The molecule has 5 heteroatoms. The molecule has 2 aromatic heterocycles. The molecule has 0 saturated heterocycles. The molecule has 0 fully saturated rings. The summed E-state index contributed by atoms with van der Waals surface area (Å²) in [6.07, 6.45) is 0.260. The SMILES string of the molecule is Cc1cc(C)c(NC(=O)Cc2csc(-c3ccccc3)n2)c(C)n1. The van der Waals surface area contributed by atoms with Gasteiger partial charge < -0.3 is 5.32 Å². The summed E-state index contributed by atoms with van der Waals surface area (Å²) < 4.78 is 0. The van der Waals surface area contributed by atoms with Crippen LogP contribution in [0.2, 0.25) is 0 Å². The molecule has 3 rings (SSSR count). The van der Waals surface area contributed by atoms with E-state index in [0.29, 0.717) is 0 Å². The van der Waals surface area contributed by atoms with E-state index in [1.807, 2.05) is 62.5 Å². The Kier molecular flexibility index (Phi) is 4.71. The summed E-state index contributed by atoms with van der Waals surface area (Å²) >= 11 is 1.56. The number of nitrogens with zero attached hydrogens (tertiary/aromatic N) is 2. The number of aromatic nitrogens is 2. The fourth-order valence-electron chi connectivity index (χ4n) is 2.66. The molecule has 24 heavy (non-hydrogen) atoms. The van der Waals surface area contributed by atoms with Crippen molar-refractivity contribution in [3.63, 3.8) is 0 Å². The van der Waals surface area contributed by atoms with E-state index in [4.69, 9.17) is 0 Å². The van der Waals surface area contributed by atoms with Crippen molar-refractivity contribution in [2.24, 2.45) is 0 Å². The van der Waals surface area contributed by atoms with Crippen molar-refractivity contribution in [1.82, 2.24) is 9.97 Å². The van der Waals surface area contributed by atoms with Gasteiger partial charge in [-0.3, -0.25) is 9.78 Å². The molecule has 0 unspecified atom stereocenters. The van der Waals surface area contributed by atoms with Gasteiger partial charge in [-0.05, 0) is 32.4 Å². The maximum Gasteiger partial charge on any atom is 0.230 e. The first kappa shape index (κ1) is 16.3. The van der Waals surface area contributed by atoms with Gasteiger partial charge in [-0.15, -0.1) is 11.3 Å². The molecule has 1 N–H and O–H groups in total. The normalized spacial score (nSPS) is 10.6. The number of pyridine rings is 1. The zero-order valence-electron chi connectivity index (χ0n) is 14.0. The molecule has 0 aliphatic carbocycles. The highest BCUT2D eigenvalue weighted by atomic mass is 32.1. The third-order valence-corrected chi connectivity index (χ3v) is 4.64. The molecule has 1 aromatic carbocycles. The molecule has 0 saturated carbocycles. The van der Waals surface area contributed by atoms with E-state index in [0.717, 1.165) is 38.9 Å². The molecule has 4 nitrogen and oxygen atoms in total. The van der Waals surface area contributed by atoms with Crippen molar-refractivity contribution < 1.29 is 4.79 Å². The van der Waals surface area contributed by atoms with Crippen LogP contribution in [-0.2, 0) is 11.2 Å². The predicted molar refractivity (Wildman–Crippen MR) is 98.3 cm³/mol. The number of aryl methyl sites for hydroxylation is 3. The van der Waals surface area contributed by atoms with Crippen LogP contribution in [-0.4, -0.2) is 15.9 Å². The van der Waals surface area contributed by atoms with E-state index in [9.17, 15) is 4.79 Å². The Morgan fingerprint density at radius 3 is 2.58 bits per heavy atom. The van der Waals surface area contributed by atoms with Gasteiger partial charge in [-0.1, -0.05) is 30.3 Å². The third kappa shape index (κ3) is 3.68. The molecule has 2 heterocycles. The zero-order valence-corrected chi connectivity index (χ0v) is 14.8. The van der Waals surface area contributed by atoms with Crippen LogP contribution in [0.1, 0.15) is 22.6 Å². The van der Waals surface area contributed by atoms with Gasteiger partial charge >= 0.3 is 0 Å². The lowest BCUT2D eigenvalue weighted by molar-refractivity contribution is -0.115. The lowest BCUT2D eigenvalue weighted by Gasteiger charge is -2.11. The molecular weight excluding hydrogens is 318 g/mol. The monoisotopic (exact) mass is 337 g/mol. The van der Waals surface area contributed by atoms with E-state index in [2.05, 4.69) is 15.3 Å². The Hall–Kier alpha value is -2.53. The number of carbonyl (C=O) groups is 1. The third-order valence-electron chi connectivity index (χ3n) is 3.70. The highest BCUT2D eigenvalue weighted by Crippen LogP contribution is 2.24. The summed E-state index contributed by atoms with van der Waals surface area (Å²) in [4.78, 5) is 21.3. The van der Waals surface area contributed by atoms with E-state index in [-0.39, 0.29) is 12.3 Å². The highest BCUT2D eigenvalue weighted by molar-refractivity contribution is 7.13. The smallest absolute Gasteiger partial charge is 0.230 e. The van der Waals surface area contributed by atoms with Crippen LogP contribution in [0.3, 0.4) is 0 Å². The van der Waals surface area contributed by atoms with E-state index >= 15 is 0 Å². The zero-order chi connectivity index (χ0) is 17.1. The van der Waals surface area contributed by atoms with Gasteiger partial charge in [0.1, 0.15) is 5.01 Å². The minimum absolute atomic E-state index is 0.0724. The molecule has 0 spiro atoms. The van der Waals surface area contributed by atoms with Crippen LogP contribution >= 0.6 is 11.3 Å². The molecule has 0 atom stereocenters. The minimum atomic E-state index is -0.0724. The summed E-state index contributed by atoms with van der Waals surface area (Å²) in [5.41, 5.74) is 5.47. The fraction of sp³-hybridized carbons (Fsp3) is 0.211. The van der Waals surface area contributed by atoms with E-state index in [1.165, 1.54) is 0 Å². The van der Waals surface area contributed by atoms with Gasteiger partial charge in [-0.2, -0.15) is 0 Å². The Labute approximate surface area is 145 Å². The second-order valence-electron chi connectivity index (χ2n) is 5.78. The first-order valence-corrected chi connectivity index (χ1v) is 8.65. The second-order valence-corrected chi connectivity index (χ2v) is 6.63. The first-order chi connectivity index (χ1) is 11.5. The summed E-state index contributed by atoms with van der Waals surface area (Å²) in [5, 5.41) is 5.84. The Morgan fingerprint density at radius 2 is 1.88 bits per heavy atom. The molecular formula is C19H19N3OS. The number of benzene rings is 1. The number of nitrogens with one attached hydrogen (secondary N) is 1. The van der Waals surface area contributed by atoms with Crippen molar-refractivity contribution in [3.05, 3.63) is 64.4 Å². The lowest BCUT2D eigenvalue weighted by atomic mass is 10.1. The van der Waals surface area contributed by atoms with Crippen LogP contribution in [0.4, 0.5) is 5.69 Å². The number of anilines is 1. The van der Waals surface area contributed by atoms with Gasteiger partial charge in [0.25, 0.3) is 0 Å².